The van der Waals surface area contributed by atoms with Crippen LogP contribution < -0.4 is 20.7 Å². The average molecular weight is 802 g/mol. The number of carbonyl (C=O) groups is 3. The minimum Gasteiger partial charge on any atom is -0.444 e. The topological polar surface area (TPSA) is 138 Å². The first-order chi connectivity index (χ1) is 27.8. The molecule has 0 bridgehead atoms. The van der Waals surface area contributed by atoms with E-state index in [4.69, 9.17) is 14.2 Å². The lowest BCUT2D eigenvalue weighted by Crippen LogP contribution is -2.49. The molecule has 0 spiro atoms. The summed E-state index contributed by atoms with van der Waals surface area (Å²) in [7, 11) is 0. The van der Waals surface area contributed by atoms with Crippen molar-refractivity contribution >= 4 is 17.9 Å². The molecule has 0 radical (unpaired) electrons. The van der Waals surface area contributed by atoms with Gasteiger partial charge in [0.05, 0.1) is 26.0 Å². The van der Waals surface area contributed by atoms with Crippen molar-refractivity contribution in [1.29, 1.82) is 0 Å². The van der Waals surface area contributed by atoms with Gasteiger partial charge in [-0.2, -0.15) is 0 Å². The molecule has 3 amide bonds. The Bertz CT molecular complexity index is 1860. The first-order valence-corrected chi connectivity index (χ1v) is 20.7. The van der Waals surface area contributed by atoms with E-state index in [0.717, 1.165) is 75.7 Å². The average Bonchev–Trinajstić information content (AvgIpc) is 3.17. The van der Waals surface area contributed by atoms with Crippen molar-refractivity contribution in [3.05, 3.63) is 77.2 Å². The molecule has 3 fully saturated rings. The normalized spacial score (nSPS) is 19.7. The van der Waals surface area contributed by atoms with Crippen LogP contribution >= 0.6 is 0 Å². The Kier molecular flexibility index (Phi) is 14.7. The van der Waals surface area contributed by atoms with Gasteiger partial charge in [-0.15, -0.1) is 0 Å². The number of alkyl carbamates (subject to hydrolysis) is 1. The molecule has 3 aliphatic rings. The maximum absolute atomic E-state index is 14.5. The molecule has 3 aromatic rings. The van der Waals surface area contributed by atoms with Gasteiger partial charge in [0.1, 0.15) is 22.7 Å². The molecule has 1 saturated carbocycles. The zero-order valence-electron chi connectivity index (χ0n) is 34.7. The van der Waals surface area contributed by atoms with Crippen molar-refractivity contribution in [2.75, 3.05) is 59.0 Å². The number of amides is 3. The van der Waals surface area contributed by atoms with E-state index in [1.165, 1.54) is 11.1 Å². The van der Waals surface area contributed by atoms with Gasteiger partial charge in [-0.25, -0.2) is 14.2 Å². The number of carbonyl (C=O) groups excluding carboxylic acids is 3. The van der Waals surface area contributed by atoms with Crippen LogP contribution in [0.15, 0.2) is 54.7 Å². The highest BCUT2D eigenvalue weighted by molar-refractivity contribution is 5.96. The van der Waals surface area contributed by atoms with E-state index in [0.29, 0.717) is 51.2 Å². The van der Waals surface area contributed by atoms with Crippen molar-refractivity contribution < 1.29 is 33.0 Å². The van der Waals surface area contributed by atoms with Gasteiger partial charge in [-0.3, -0.25) is 24.3 Å². The molecule has 2 aromatic carbocycles. The lowest BCUT2D eigenvalue weighted by molar-refractivity contribution is -0.123. The SMILES string of the molecule is CC(C)NC(=O)CN1CCN(Cc2ccc(-c3cccc(Oc4ncc(F)cc4C(=O)NC4CCC(NC(=O)OC(C)(C)C)CC4)c3)c(CN3CCOCC3)c2)CC1. The van der Waals surface area contributed by atoms with Crippen molar-refractivity contribution in [3.63, 3.8) is 0 Å². The number of nitrogens with zero attached hydrogens (tertiary/aromatic N) is 4. The van der Waals surface area contributed by atoms with Gasteiger partial charge >= 0.3 is 6.09 Å². The number of aromatic nitrogens is 1. The molecule has 1 aromatic heterocycles. The lowest BCUT2D eigenvalue weighted by atomic mass is 9.91. The monoisotopic (exact) mass is 801 g/mol. The Morgan fingerprint density at radius 3 is 2.22 bits per heavy atom. The minimum absolute atomic E-state index is 0.0106. The Balaban J connectivity index is 1.12. The molecule has 0 atom stereocenters. The number of hydrogen-bond donors (Lipinski definition) is 3. The van der Waals surface area contributed by atoms with Gasteiger partial charge in [0.2, 0.25) is 11.8 Å². The number of halogens is 1. The number of morpholine rings is 1. The summed E-state index contributed by atoms with van der Waals surface area (Å²) in [5.41, 5.74) is 3.87. The maximum Gasteiger partial charge on any atom is 0.407 e. The molecule has 3 heterocycles. The summed E-state index contributed by atoms with van der Waals surface area (Å²) in [6.07, 6.45) is 3.24. The van der Waals surface area contributed by atoms with E-state index < -0.39 is 23.4 Å². The Labute approximate surface area is 342 Å². The standard InChI is InChI=1S/C44H60FN7O6/c1-30(2)47-40(53)29-51-17-15-50(16-18-51)27-31-9-14-38(33(23-31)28-52-19-21-56-22-20-52)32-7-6-8-37(24-32)57-42-39(25-34(45)26-46-42)41(54)48-35-10-12-36(13-11-35)49-43(55)58-44(3,4)5/h6-9,14,23-26,30,35-36H,10-13,15-22,27-29H2,1-5H3,(H,47,53)(H,48,54)(H,49,55). The quantitative estimate of drug-likeness (QED) is 0.197. The Morgan fingerprint density at radius 1 is 0.862 bits per heavy atom. The largest absolute Gasteiger partial charge is 0.444 e. The van der Waals surface area contributed by atoms with Crippen LogP contribution in [0.2, 0.25) is 0 Å². The smallest absolute Gasteiger partial charge is 0.407 e. The van der Waals surface area contributed by atoms with Crippen molar-refractivity contribution in [2.24, 2.45) is 0 Å². The van der Waals surface area contributed by atoms with Gasteiger partial charge in [0, 0.05) is 70.5 Å². The summed E-state index contributed by atoms with van der Waals surface area (Å²) in [6.45, 7) is 18.0. The highest BCUT2D eigenvalue weighted by Crippen LogP contribution is 2.32. The summed E-state index contributed by atoms with van der Waals surface area (Å²) in [4.78, 5) is 49.4. The second-order valence-electron chi connectivity index (χ2n) is 17.0. The molecule has 2 aliphatic heterocycles. The predicted octanol–water partition coefficient (Wildman–Crippen LogP) is 5.72. The van der Waals surface area contributed by atoms with Crippen LogP contribution in [0.25, 0.3) is 11.1 Å². The molecule has 14 heteroatoms. The van der Waals surface area contributed by atoms with Gasteiger partial charge in [-0.1, -0.05) is 30.3 Å². The van der Waals surface area contributed by atoms with Crippen LogP contribution in [0.3, 0.4) is 0 Å². The number of nitrogens with one attached hydrogen (secondary N) is 3. The summed E-state index contributed by atoms with van der Waals surface area (Å²) >= 11 is 0. The molecule has 0 unspecified atom stereocenters. The Morgan fingerprint density at radius 2 is 1.53 bits per heavy atom. The molecule has 314 valence electrons. The Hall–Kier alpha value is -4.63. The van der Waals surface area contributed by atoms with Crippen molar-refractivity contribution in [3.8, 4) is 22.8 Å². The molecule has 6 rings (SSSR count). The molecule has 1 aliphatic carbocycles. The third kappa shape index (κ3) is 12.9. The highest BCUT2D eigenvalue weighted by Gasteiger charge is 2.28. The first-order valence-electron chi connectivity index (χ1n) is 20.7. The maximum atomic E-state index is 14.5. The van der Waals surface area contributed by atoms with Crippen LogP contribution in [0.1, 0.15) is 81.8 Å². The molecule has 58 heavy (non-hydrogen) atoms. The van der Waals surface area contributed by atoms with Crippen molar-refractivity contribution in [2.45, 2.75) is 97.1 Å². The number of pyridine rings is 1. The zero-order chi connectivity index (χ0) is 41.2. The van der Waals surface area contributed by atoms with Gasteiger partial charge in [0.25, 0.3) is 5.91 Å². The van der Waals surface area contributed by atoms with E-state index in [9.17, 15) is 18.8 Å². The predicted molar refractivity (Wildman–Crippen MR) is 220 cm³/mol. The van der Waals surface area contributed by atoms with E-state index in [2.05, 4.69) is 53.8 Å². The van der Waals surface area contributed by atoms with Gasteiger partial charge < -0.3 is 30.2 Å². The zero-order valence-corrected chi connectivity index (χ0v) is 34.7. The fraction of sp³-hybridized carbons (Fsp3) is 0.545. The number of hydrogen-bond acceptors (Lipinski definition) is 10. The summed E-state index contributed by atoms with van der Waals surface area (Å²) in [5, 5.41) is 8.94. The van der Waals surface area contributed by atoms with Crippen LogP contribution in [0.5, 0.6) is 11.6 Å². The van der Waals surface area contributed by atoms with E-state index in [-0.39, 0.29) is 35.5 Å². The fourth-order valence-corrected chi connectivity index (χ4v) is 7.72. The third-order valence-electron chi connectivity index (χ3n) is 10.6. The third-order valence-corrected chi connectivity index (χ3v) is 10.6. The molecular weight excluding hydrogens is 742 g/mol. The van der Waals surface area contributed by atoms with Crippen LogP contribution in [-0.4, -0.2) is 120 Å². The summed E-state index contributed by atoms with van der Waals surface area (Å²) < 4.78 is 31.8. The van der Waals surface area contributed by atoms with Crippen LogP contribution in [-0.2, 0) is 27.4 Å². The number of rotatable bonds is 13. The number of ether oxygens (including phenoxy) is 3. The van der Waals surface area contributed by atoms with E-state index in [1.807, 2.05) is 52.8 Å². The number of benzene rings is 2. The second-order valence-corrected chi connectivity index (χ2v) is 17.0. The number of piperazine rings is 1. The molecule has 13 nitrogen and oxygen atoms in total. The summed E-state index contributed by atoms with van der Waals surface area (Å²) in [5.74, 6) is -0.549. The lowest BCUT2D eigenvalue weighted by Gasteiger charge is -2.34. The van der Waals surface area contributed by atoms with Crippen LogP contribution in [0, 0.1) is 5.82 Å². The molecular formula is C44H60FN7O6. The fourth-order valence-electron chi connectivity index (χ4n) is 7.72. The first kappa shape index (κ1) is 43.0. The van der Waals surface area contributed by atoms with Crippen LogP contribution in [0.4, 0.5) is 9.18 Å². The van der Waals surface area contributed by atoms with Gasteiger partial charge in [0.15, 0.2) is 0 Å². The second kappa shape index (κ2) is 19.9. The van der Waals surface area contributed by atoms with Crippen molar-refractivity contribution in [1.82, 2.24) is 35.6 Å². The van der Waals surface area contributed by atoms with E-state index in [1.54, 1.807) is 6.07 Å². The molecule has 2 saturated heterocycles. The minimum atomic E-state index is -0.639. The van der Waals surface area contributed by atoms with E-state index >= 15 is 0 Å². The molecule has 3 N–H and O–H groups in total. The van der Waals surface area contributed by atoms with Gasteiger partial charge in [-0.05, 0) is 101 Å². The summed E-state index contributed by atoms with van der Waals surface area (Å²) in [6, 6.07) is 15.4. The highest BCUT2D eigenvalue weighted by atomic mass is 19.1.